The molecule has 1 aromatic carbocycles. The number of benzene rings is 1. The molecule has 0 atom stereocenters. The van der Waals surface area contributed by atoms with Gasteiger partial charge in [0.05, 0.1) is 10.0 Å². The molecule has 0 fully saturated rings. The van der Waals surface area contributed by atoms with Gasteiger partial charge >= 0.3 is 0 Å². The van der Waals surface area contributed by atoms with Crippen molar-refractivity contribution < 1.29 is 4.74 Å². The summed E-state index contributed by atoms with van der Waals surface area (Å²) in [7, 11) is 0. The third kappa shape index (κ3) is 4.09. The molecule has 0 radical (unpaired) electrons. The van der Waals surface area contributed by atoms with Gasteiger partial charge in [0, 0.05) is 23.3 Å². The number of nitrogens with zero attached hydrogens (tertiary/aromatic N) is 1. The van der Waals surface area contributed by atoms with Crippen LogP contribution in [0.15, 0.2) is 34.9 Å². The van der Waals surface area contributed by atoms with Gasteiger partial charge < -0.3 is 10.1 Å². The minimum atomic E-state index is 0.464. The molecule has 0 unspecified atom stereocenters. The van der Waals surface area contributed by atoms with E-state index in [2.05, 4.69) is 26.2 Å². The number of ether oxygens (including phenoxy) is 1. The summed E-state index contributed by atoms with van der Waals surface area (Å²) in [5.41, 5.74) is 0.937. The van der Waals surface area contributed by atoms with E-state index in [1.807, 2.05) is 19.1 Å². The van der Waals surface area contributed by atoms with E-state index in [0.29, 0.717) is 28.2 Å². The second-order valence-electron chi connectivity index (χ2n) is 4.07. The van der Waals surface area contributed by atoms with Crippen LogP contribution in [-0.2, 0) is 6.54 Å². The van der Waals surface area contributed by atoms with E-state index in [1.54, 1.807) is 18.3 Å². The minimum Gasteiger partial charge on any atom is -0.437 e. The molecular weight excluding hydrogens is 363 g/mol. The molecule has 6 heteroatoms. The Morgan fingerprint density at radius 3 is 2.75 bits per heavy atom. The van der Waals surface area contributed by atoms with Crippen LogP contribution >= 0.6 is 39.1 Å². The molecular formula is C14H13BrCl2N2O. The van der Waals surface area contributed by atoms with E-state index in [4.69, 9.17) is 27.9 Å². The lowest BCUT2D eigenvalue weighted by molar-refractivity contribution is 0.462. The molecule has 0 aliphatic rings. The molecule has 1 aromatic heterocycles. The monoisotopic (exact) mass is 374 g/mol. The number of hydrogen-bond acceptors (Lipinski definition) is 3. The predicted molar refractivity (Wildman–Crippen MR) is 85.9 cm³/mol. The molecule has 0 spiro atoms. The smallest absolute Gasteiger partial charge is 0.219 e. The first-order valence-corrected chi connectivity index (χ1v) is 7.63. The molecule has 0 bridgehead atoms. The molecule has 0 aliphatic heterocycles. The lowest BCUT2D eigenvalue weighted by atomic mass is 10.2. The van der Waals surface area contributed by atoms with E-state index >= 15 is 0 Å². The van der Waals surface area contributed by atoms with Crippen LogP contribution in [0, 0.1) is 0 Å². The molecule has 1 N–H and O–H groups in total. The molecule has 106 valence electrons. The average molecular weight is 376 g/mol. The van der Waals surface area contributed by atoms with E-state index in [1.165, 1.54) is 0 Å². The fraction of sp³-hybridized carbons (Fsp3) is 0.214. The third-order valence-electron chi connectivity index (χ3n) is 2.58. The SMILES string of the molecule is CCNCc1cc(Oc2ccc(Br)cc2Cl)ncc1Cl. The summed E-state index contributed by atoms with van der Waals surface area (Å²) in [6.45, 7) is 3.57. The van der Waals surface area contributed by atoms with Gasteiger partial charge in [-0.3, -0.25) is 0 Å². The van der Waals surface area contributed by atoms with Gasteiger partial charge in [0.1, 0.15) is 5.75 Å². The van der Waals surface area contributed by atoms with Crippen LogP contribution in [0.3, 0.4) is 0 Å². The molecule has 0 aliphatic carbocycles. The van der Waals surface area contributed by atoms with Gasteiger partial charge in [-0.15, -0.1) is 0 Å². The first-order valence-electron chi connectivity index (χ1n) is 6.08. The molecule has 0 saturated carbocycles. The molecule has 0 amide bonds. The minimum absolute atomic E-state index is 0.464. The van der Waals surface area contributed by atoms with Gasteiger partial charge in [0.2, 0.25) is 5.88 Å². The summed E-state index contributed by atoms with van der Waals surface area (Å²) < 4.78 is 6.58. The molecule has 0 saturated heterocycles. The van der Waals surface area contributed by atoms with Crippen molar-refractivity contribution in [1.82, 2.24) is 10.3 Å². The van der Waals surface area contributed by atoms with Crippen molar-refractivity contribution in [2.75, 3.05) is 6.54 Å². The zero-order valence-electron chi connectivity index (χ0n) is 10.8. The highest BCUT2D eigenvalue weighted by molar-refractivity contribution is 9.10. The largest absolute Gasteiger partial charge is 0.437 e. The Kier molecular flexibility index (Phi) is 5.66. The second kappa shape index (κ2) is 7.27. The maximum atomic E-state index is 6.11. The van der Waals surface area contributed by atoms with Crippen LogP contribution in [0.4, 0.5) is 0 Å². The number of pyridine rings is 1. The third-order valence-corrected chi connectivity index (χ3v) is 3.71. The zero-order chi connectivity index (χ0) is 14.5. The Morgan fingerprint density at radius 1 is 1.25 bits per heavy atom. The summed E-state index contributed by atoms with van der Waals surface area (Å²) in [5, 5.41) is 4.34. The topological polar surface area (TPSA) is 34.1 Å². The highest BCUT2D eigenvalue weighted by Crippen LogP contribution is 2.31. The van der Waals surface area contributed by atoms with Crippen molar-refractivity contribution in [1.29, 1.82) is 0 Å². The Labute approximate surface area is 136 Å². The van der Waals surface area contributed by atoms with Crippen molar-refractivity contribution in [3.05, 3.63) is 50.5 Å². The number of rotatable bonds is 5. The average Bonchev–Trinajstić information content (AvgIpc) is 2.42. The normalized spacial score (nSPS) is 10.6. The fourth-order valence-corrected chi connectivity index (χ4v) is 2.46. The van der Waals surface area contributed by atoms with Crippen LogP contribution in [0.25, 0.3) is 0 Å². The maximum absolute atomic E-state index is 6.11. The zero-order valence-corrected chi connectivity index (χ0v) is 13.9. The van der Waals surface area contributed by atoms with E-state index < -0.39 is 0 Å². The van der Waals surface area contributed by atoms with Crippen molar-refractivity contribution in [2.24, 2.45) is 0 Å². The van der Waals surface area contributed by atoms with Crippen LogP contribution in [0.2, 0.25) is 10.0 Å². The van der Waals surface area contributed by atoms with Crippen molar-refractivity contribution in [3.63, 3.8) is 0 Å². The summed E-state index contributed by atoms with van der Waals surface area (Å²) in [6.07, 6.45) is 1.58. The van der Waals surface area contributed by atoms with Gasteiger partial charge in [-0.1, -0.05) is 46.1 Å². The van der Waals surface area contributed by atoms with Crippen LogP contribution in [-0.4, -0.2) is 11.5 Å². The quantitative estimate of drug-likeness (QED) is 0.793. The molecule has 2 rings (SSSR count). The first-order chi connectivity index (χ1) is 9.60. The standard InChI is InChI=1S/C14H13BrCl2N2O/c1-2-18-7-9-5-14(19-8-12(9)17)20-13-4-3-10(15)6-11(13)16/h3-6,8,18H,2,7H2,1H3. The molecule has 1 heterocycles. The van der Waals surface area contributed by atoms with E-state index in [0.717, 1.165) is 16.6 Å². The van der Waals surface area contributed by atoms with E-state index in [9.17, 15) is 0 Å². The Hall–Kier alpha value is -0.810. The van der Waals surface area contributed by atoms with Gasteiger partial charge in [-0.05, 0) is 30.3 Å². The molecule has 3 nitrogen and oxygen atoms in total. The van der Waals surface area contributed by atoms with Crippen molar-refractivity contribution in [2.45, 2.75) is 13.5 Å². The summed E-state index contributed by atoms with van der Waals surface area (Å²) in [6, 6.07) is 7.22. The van der Waals surface area contributed by atoms with Crippen molar-refractivity contribution in [3.8, 4) is 11.6 Å². The van der Waals surface area contributed by atoms with Crippen LogP contribution < -0.4 is 10.1 Å². The number of nitrogens with one attached hydrogen (secondary N) is 1. The van der Waals surface area contributed by atoms with Gasteiger partial charge in [0.15, 0.2) is 0 Å². The first kappa shape index (κ1) is 15.6. The lowest BCUT2D eigenvalue weighted by Gasteiger charge is -2.10. The Balaban J connectivity index is 2.20. The summed E-state index contributed by atoms with van der Waals surface area (Å²) in [4.78, 5) is 4.15. The van der Waals surface area contributed by atoms with E-state index in [-0.39, 0.29) is 0 Å². The van der Waals surface area contributed by atoms with Crippen LogP contribution in [0.1, 0.15) is 12.5 Å². The van der Waals surface area contributed by atoms with Gasteiger partial charge in [0.25, 0.3) is 0 Å². The Bertz CT molecular complexity index is 608. The van der Waals surface area contributed by atoms with Crippen molar-refractivity contribution >= 4 is 39.1 Å². The Morgan fingerprint density at radius 2 is 2.05 bits per heavy atom. The summed E-state index contributed by atoms with van der Waals surface area (Å²) in [5.74, 6) is 1.02. The fourth-order valence-electron chi connectivity index (χ4n) is 1.58. The highest BCUT2D eigenvalue weighted by atomic mass is 79.9. The molecule has 2 aromatic rings. The second-order valence-corrected chi connectivity index (χ2v) is 5.80. The number of aromatic nitrogens is 1. The summed E-state index contributed by atoms with van der Waals surface area (Å²) >= 11 is 15.6. The lowest BCUT2D eigenvalue weighted by Crippen LogP contribution is -2.12. The molecule has 20 heavy (non-hydrogen) atoms. The number of hydrogen-bond donors (Lipinski definition) is 1. The van der Waals surface area contributed by atoms with Gasteiger partial charge in [-0.2, -0.15) is 0 Å². The highest BCUT2D eigenvalue weighted by Gasteiger charge is 2.08. The number of halogens is 3. The van der Waals surface area contributed by atoms with Gasteiger partial charge in [-0.25, -0.2) is 4.98 Å². The maximum Gasteiger partial charge on any atom is 0.219 e. The predicted octanol–water partition coefficient (Wildman–Crippen LogP) is 5.05. The van der Waals surface area contributed by atoms with Crippen LogP contribution in [0.5, 0.6) is 11.6 Å².